The molecule has 6 heteroatoms. The van der Waals surface area contributed by atoms with Crippen LogP contribution in [0, 0.1) is 6.92 Å². The van der Waals surface area contributed by atoms with E-state index in [4.69, 9.17) is 0 Å². The maximum Gasteiger partial charge on any atom is 0.132 e. The molecule has 0 amide bonds. The highest BCUT2D eigenvalue weighted by Crippen LogP contribution is 2.15. The van der Waals surface area contributed by atoms with Crippen LogP contribution in [0.1, 0.15) is 36.8 Å². The summed E-state index contributed by atoms with van der Waals surface area (Å²) in [5.41, 5.74) is 1.06. The number of nitrogens with one attached hydrogen (secondary N) is 2. The van der Waals surface area contributed by atoms with Gasteiger partial charge in [-0.15, -0.1) is 11.3 Å². The summed E-state index contributed by atoms with van der Waals surface area (Å²) in [5, 5.41) is 9.76. The molecule has 0 saturated carbocycles. The lowest BCUT2D eigenvalue weighted by Crippen LogP contribution is -2.08. The van der Waals surface area contributed by atoms with Crippen LogP contribution in [-0.4, -0.2) is 21.5 Å². The van der Waals surface area contributed by atoms with Crippen LogP contribution in [0.5, 0.6) is 0 Å². The molecule has 0 fully saturated rings. The van der Waals surface area contributed by atoms with Gasteiger partial charge >= 0.3 is 0 Å². The number of nitrogens with zero attached hydrogens (tertiary/aromatic N) is 3. The first kappa shape index (κ1) is 14.7. The molecule has 0 aliphatic heterocycles. The molecule has 2 rings (SSSR count). The number of hydrogen-bond acceptors (Lipinski definition) is 6. The summed E-state index contributed by atoms with van der Waals surface area (Å²) in [6, 6.07) is 1.95. The first-order valence-electron chi connectivity index (χ1n) is 6.98. The van der Waals surface area contributed by atoms with Crippen LogP contribution in [0.25, 0.3) is 0 Å². The molecule has 0 aromatic carbocycles. The second-order valence-corrected chi connectivity index (χ2v) is 5.51. The van der Waals surface area contributed by atoms with Crippen LogP contribution < -0.4 is 10.6 Å². The highest BCUT2D eigenvalue weighted by molar-refractivity contribution is 7.09. The Morgan fingerprint density at radius 3 is 2.45 bits per heavy atom. The van der Waals surface area contributed by atoms with Crippen molar-refractivity contribution < 1.29 is 0 Å². The molecule has 0 radical (unpaired) electrons. The smallest absolute Gasteiger partial charge is 0.132 e. The Kier molecular flexibility index (Phi) is 5.29. The van der Waals surface area contributed by atoms with Gasteiger partial charge < -0.3 is 10.6 Å². The van der Waals surface area contributed by atoms with E-state index in [9.17, 15) is 0 Å². The van der Waals surface area contributed by atoms with Crippen molar-refractivity contribution in [1.82, 2.24) is 15.0 Å². The Morgan fingerprint density at radius 1 is 1.10 bits per heavy atom. The lowest BCUT2D eigenvalue weighted by molar-refractivity contribution is 0.912. The van der Waals surface area contributed by atoms with Gasteiger partial charge in [0.25, 0.3) is 0 Å². The molecule has 0 unspecified atom stereocenters. The third kappa shape index (κ3) is 4.16. The van der Waals surface area contributed by atoms with Gasteiger partial charge in [0.2, 0.25) is 0 Å². The fraction of sp³-hybridized carbons (Fsp3) is 0.500. The van der Waals surface area contributed by atoms with Crippen molar-refractivity contribution in [3.8, 4) is 0 Å². The number of aryl methyl sites for hydroxylation is 2. The van der Waals surface area contributed by atoms with Gasteiger partial charge in [-0.3, -0.25) is 0 Å². The standard InChI is InChI=1S/C14H21N5S/c1-4-6-15-12-7-13(19-11(5-2)18-12)16-8-14-17-10(3)9-20-14/h7,9H,4-6,8H2,1-3H3,(H2,15,16,18,19). The number of anilines is 2. The Balaban J connectivity index is 2.05. The molecular weight excluding hydrogens is 270 g/mol. The lowest BCUT2D eigenvalue weighted by Gasteiger charge is -2.09. The zero-order valence-electron chi connectivity index (χ0n) is 12.2. The van der Waals surface area contributed by atoms with Gasteiger partial charge in [-0.05, 0) is 13.3 Å². The highest BCUT2D eigenvalue weighted by Gasteiger charge is 2.04. The van der Waals surface area contributed by atoms with E-state index in [1.165, 1.54) is 0 Å². The number of aromatic nitrogens is 3. The molecule has 2 N–H and O–H groups in total. The highest BCUT2D eigenvalue weighted by atomic mass is 32.1. The minimum absolute atomic E-state index is 0.700. The van der Waals surface area contributed by atoms with Crippen molar-refractivity contribution >= 4 is 23.0 Å². The van der Waals surface area contributed by atoms with Gasteiger partial charge in [0, 0.05) is 30.1 Å². The van der Waals surface area contributed by atoms with E-state index in [1.807, 2.05) is 13.0 Å². The minimum atomic E-state index is 0.700. The summed E-state index contributed by atoms with van der Waals surface area (Å²) in [6.45, 7) is 7.83. The zero-order chi connectivity index (χ0) is 14.4. The summed E-state index contributed by atoms with van der Waals surface area (Å²) in [6.07, 6.45) is 1.90. The van der Waals surface area contributed by atoms with Gasteiger partial charge in [0.1, 0.15) is 22.5 Å². The number of thiazole rings is 1. The van der Waals surface area contributed by atoms with Crippen molar-refractivity contribution in [3.05, 3.63) is 28.0 Å². The summed E-state index contributed by atoms with van der Waals surface area (Å²) in [4.78, 5) is 13.4. The van der Waals surface area contributed by atoms with Crippen LogP contribution in [0.3, 0.4) is 0 Å². The van der Waals surface area contributed by atoms with Crippen LogP contribution in [0.4, 0.5) is 11.6 Å². The van der Waals surface area contributed by atoms with E-state index >= 15 is 0 Å². The second kappa shape index (κ2) is 7.19. The van der Waals surface area contributed by atoms with Crippen LogP contribution in [0.2, 0.25) is 0 Å². The SMILES string of the molecule is CCCNc1cc(NCc2nc(C)cs2)nc(CC)n1. The monoisotopic (exact) mass is 291 g/mol. The molecule has 2 aromatic rings. The molecular formula is C14H21N5S. The third-order valence-electron chi connectivity index (χ3n) is 2.73. The number of rotatable bonds is 7. The normalized spacial score (nSPS) is 10.6. The predicted molar refractivity (Wildman–Crippen MR) is 84.4 cm³/mol. The van der Waals surface area contributed by atoms with E-state index in [1.54, 1.807) is 11.3 Å². The Bertz CT molecular complexity index is 552. The molecule has 20 heavy (non-hydrogen) atoms. The molecule has 0 saturated heterocycles. The third-order valence-corrected chi connectivity index (χ3v) is 3.70. The maximum absolute atomic E-state index is 4.50. The minimum Gasteiger partial charge on any atom is -0.370 e. The Hall–Kier alpha value is -1.69. The fourth-order valence-electron chi connectivity index (χ4n) is 1.74. The first-order valence-corrected chi connectivity index (χ1v) is 7.86. The molecule has 5 nitrogen and oxygen atoms in total. The summed E-state index contributed by atoms with van der Waals surface area (Å²) in [5.74, 6) is 2.59. The van der Waals surface area contributed by atoms with E-state index in [0.717, 1.165) is 47.5 Å². The largest absolute Gasteiger partial charge is 0.370 e. The molecule has 2 aromatic heterocycles. The average molecular weight is 291 g/mol. The first-order chi connectivity index (χ1) is 9.71. The van der Waals surface area contributed by atoms with Gasteiger partial charge in [-0.25, -0.2) is 15.0 Å². The maximum atomic E-state index is 4.50. The molecule has 0 aliphatic rings. The van der Waals surface area contributed by atoms with Crippen molar-refractivity contribution in [1.29, 1.82) is 0 Å². The van der Waals surface area contributed by atoms with E-state index in [2.05, 4.69) is 44.8 Å². The molecule has 108 valence electrons. The average Bonchev–Trinajstić information content (AvgIpc) is 2.88. The molecule has 0 atom stereocenters. The Morgan fingerprint density at radius 2 is 1.85 bits per heavy atom. The van der Waals surface area contributed by atoms with Gasteiger partial charge in [0.15, 0.2) is 0 Å². The van der Waals surface area contributed by atoms with Crippen LogP contribution in [0.15, 0.2) is 11.4 Å². The summed E-state index contributed by atoms with van der Waals surface area (Å²) in [7, 11) is 0. The molecule has 2 heterocycles. The zero-order valence-corrected chi connectivity index (χ0v) is 13.0. The number of hydrogen-bond donors (Lipinski definition) is 2. The predicted octanol–water partition coefficient (Wildman–Crippen LogP) is 3.24. The summed E-state index contributed by atoms with van der Waals surface area (Å²) >= 11 is 1.66. The molecule has 0 aliphatic carbocycles. The van der Waals surface area contributed by atoms with E-state index in [-0.39, 0.29) is 0 Å². The van der Waals surface area contributed by atoms with Gasteiger partial charge in [-0.1, -0.05) is 13.8 Å². The van der Waals surface area contributed by atoms with Crippen LogP contribution >= 0.6 is 11.3 Å². The van der Waals surface area contributed by atoms with Crippen molar-refractivity contribution in [2.45, 2.75) is 40.2 Å². The quantitative estimate of drug-likeness (QED) is 0.820. The van der Waals surface area contributed by atoms with Crippen molar-refractivity contribution in [2.75, 3.05) is 17.2 Å². The molecule has 0 bridgehead atoms. The van der Waals surface area contributed by atoms with Crippen molar-refractivity contribution in [3.63, 3.8) is 0 Å². The Labute approximate surface area is 123 Å². The van der Waals surface area contributed by atoms with Gasteiger partial charge in [-0.2, -0.15) is 0 Å². The van der Waals surface area contributed by atoms with Gasteiger partial charge in [0.05, 0.1) is 6.54 Å². The fourth-order valence-corrected chi connectivity index (χ4v) is 2.45. The molecule has 0 spiro atoms. The van der Waals surface area contributed by atoms with E-state index in [0.29, 0.717) is 6.54 Å². The summed E-state index contributed by atoms with van der Waals surface area (Å²) < 4.78 is 0. The lowest BCUT2D eigenvalue weighted by atomic mass is 10.4. The van der Waals surface area contributed by atoms with Crippen molar-refractivity contribution in [2.24, 2.45) is 0 Å². The van der Waals surface area contributed by atoms with E-state index < -0.39 is 0 Å². The topological polar surface area (TPSA) is 62.7 Å². The second-order valence-electron chi connectivity index (χ2n) is 4.57. The van der Waals surface area contributed by atoms with Crippen LogP contribution in [-0.2, 0) is 13.0 Å².